The summed E-state index contributed by atoms with van der Waals surface area (Å²) in [5.74, 6) is -3.90. The number of halogens is 5. The van der Waals surface area contributed by atoms with Crippen LogP contribution in [0.15, 0.2) is 174 Å². The normalized spacial score (nSPS) is 31.0. The number of carbonyl (C=O) groups is 5. The van der Waals surface area contributed by atoms with Crippen molar-refractivity contribution >= 4 is 59.0 Å². The van der Waals surface area contributed by atoms with Gasteiger partial charge in [0, 0.05) is 62.0 Å². The van der Waals surface area contributed by atoms with Crippen LogP contribution in [0.4, 0.5) is 22.0 Å². The molecule has 0 radical (unpaired) electrons. The molecule has 5 fully saturated rings. The Labute approximate surface area is 756 Å². The second-order valence-electron chi connectivity index (χ2n) is 31.6. The molecule has 133 heavy (non-hydrogen) atoms. The predicted molar refractivity (Wildman–Crippen MR) is 460 cm³/mol. The number of hydrogen-bond acceptors (Lipinski definition) is 42. The fourth-order valence-electron chi connectivity index (χ4n) is 13.0. The molecule has 728 valence electrons. The lowest BCUT2D eigenvalue weighted by Gasteiger charge is -2.31. The molecule has 0 amide bonds. The third-order valence-electron chi connectivity index (χ3n) is 20.6. The van der Waals surface area contributed by atoms with E-state index in [0.29, 0.717) is 6.42 Å². The molecule has 10 aliphatic heterocycles. The zero-order chi connectivity index (χ0) is 99.7. The molecule has 5 saturated heterocycles. The lowest BCUT2D eigenvalue weighted by molar-refractivity contribution is -0.171. The van der Waals surface area contributed by atoms with E-state index >= 15 is 8.78 Å². The fourth-order valence-corrected chi connectivity index (χ4v) is 13.0. The van der Waals surface area contributed by atoms with Gasteiger partial charge in [0.05, 0.1) is 25.0 Å². The SMILES string of the molecule is C=C1N=C(N)C=CN1[C@@H]1O[C@@](CO)(N=[N+]=[N-])[C@@H](OC(=O)C(C)C)[C@H]1F.C=C1N=C(N)C=CN1[C@@H]1O[C@@](CO)(N=[N+]=[N-])[C@@H](OC(=O)C(N)C(C)C)[C@H]1F.C=C1N=C(N)C=CN1[C@@H]1O[C@@](COC(=O)C(C)C)(N=[N+]=[N-])[C@@H](O)[C@H]1F.C=C1N=C(N)C=CN1[C@@H]1O[C@@](COC(=O)C(N)C(C)C)(N=[N+]=[N-])[C@@H](O)[C@H]1F.C=C1N=C(N)C=CN1[C@@H]1O[C@@](COC(=O)CCCCCCC)(N=[N+]=[N-])[C@@H](O)[C@H]1F. The van der Waals surface area contributed by atoms with Gasteiger partial charge in [-0.1, -0.05) is 146 Å². The van der Waals surface area contributed by atoms with E-state index in [1.165, 1.54) is 85.9 Å². The highest BCUT2D eigenvalue weighted by molar-refractivity contribution is 5.94. The number of nitrogens with zero attached hydrogens (tertiary/aromatic N) is 25. The maximum Gasteiger partial charge on any atom is 0.323 e. The predicted octanol–water partition coefficient (Wildman–Crippen LogP) is 4.89. The maximum absolute atomic E-state index is 15.2. The molecule has 57 heteroatoms. The average molecular weight is 1890 g/mol. The minimum absolute atomic E-state index is 0.0567. The van der Waals surface area contributed by atoms with Crippen LogP contribution in [0.5, 0.6) is 0 Å². The summed E-state index contributed by atoms with van der Waals surface area (Å²) in [7, 11) is 0. The van der Waals surface area contributed by atoms with Gasteiger partial charge < -0.3 is 138 Å². The van der Waals surface area contributed by atoms with Crippen molar-refractivity contribution in [1.29, 1.82) is 0 Å². The third-order valence-corrected chi connectivity index (χ3v) is 20.6. The first-order valence-electron chi connectivity index (χ1n) is 40.7. The number of rotatable bonds is 32. The van der Waals surface area contributed by atoms with Gasteiger partial charge in [-0.05, 0) is 76.3 Å². The quantitative estimate of drug-likeness (QED) is 0.00811. The van der Waals surface area contributed by atoms with Crippen molar-refractivity contribution in [3.8, 4) is 0 Å². The Hall–Kier alpha value is -13.2. The van der Waals surface area contributed by atoms with Crippen LogP contribution in [0, 0.1) is 23.7 Å². The highest BCUT2D eigenvalue weighted by Gasteiger charge is 2.64. The summed E-state index contributed by atoms with van der Waals surface area (Å²) in [6, 6.07) is -1.97. The number of carbonyl (C=O) groups excluding carboxylic acids is 5. The van der Waals surface area contributed by atoms with Gasteiger partial charge in [0.25, 0.3) is 0 Å². The number of hydrogen-bond donors (Lipinski definition) is 12. The molecule has 10 rings (SSSR count). The lowest BCUT2D eigenvalue weighted by Crippen LogP contribution is -2.49. The Balaban J connectivity index is 0.000000256. The van der Waals surface area contributed by atoms with Crippen molar-refractivity contribution in [2.24, 2.45) is 114 Å². The van der Waals surface area contributed by atoms with Crippen LogP contribution >= 0.6 is 0 Å². The summed E-state index contributed by atoms with van der Waals surface area (Å²) >= 11 is 0. The number of nitrogens with two attached hydrogens (primary N) is 7. The summed E-state index contributed by atoms with van der Waals surface area (Å²) in [5.41, 5.74) is 72.6. The second kappa shape index (κ2) is 47.8. The van der Waals surface area contributed by atoms with Gasteiger partial charge >= 0.3 is 29.8 Å². The number of amidine groups is 5. The molecule has 0 aliphatic carbocycles. The van der Waals surface area contributed by atoms with Crippen molar-refractivity contribution in [3.63, 3.8) is 0 Å². The number of aliphatic hydroxyl groups excluding tert-OH is 5. The van der Waals surface area contributed by atoms with Gasteiger partial charge in [-0.15, -0.1) is 0 Å². The summed E-state index contributed by atoms with van der Waals surface area (Å²) in [5, 5.41) is 67.1. The van der Waals surface area contributed by atoms with E-state index in [-0.39, 0.29) is 76.5 Å². The Morgan fingerprint density at radius 2 is 0.677 bits per heavy atom. The van der Waals surface area contributed by atoms with Gasteiger partial charge in [0.1, 0.15) is 108 Å². The second-order valence-corrected chi connectivity index (χ2v) is 31.6. The van der Waals surface area contributed by atoms with Crippen molar-refractivity contribution in [3.05, 3.63) is 176 Å². The first-order valence-corrected chi connectivity index (χ1v) is 40.7. The smallest absolute Gasteiger partial charge is 0.323 e. The minimum atomic E-state index is -2.17. The molecular formula is C76H109F5N32O20. The van der Waals surface area contributed by atoms with E-state index in [9.17, 15) is 62.7 Å². The van der Waals surface area contributed by atoms with Crippen LogP contribution in [0.3, 0.4) is 0 Å². The number of unbranched alkanes of at least 4 members (excludes halogenated alkanes) is 4. The number of aliphatic hydroxyl groups is 5. The minimum Gasteiger partial charge on any atom is -0.462 e. The van der Waals surface area contributed by atoms with E-state index < -0.39 is 208 Å². The van der Waals surface area contributed by atoms with Crippen LogP contribution in [-0.4, -0.2) is 275 Å². The van der Waals surface area contributed by atoms with Crippen LogP contribution in [-0.2, 0) is 71.3 Å². The molecule has 0 aromatic carbocycles. The topological polar surface area (TPSA) is 783 Å². The molecule has 10 aliphatic rings. The van der Waals surface area contributed by atoms with E-state index in [1.54, 1.807) is 55.4 Å². The lowest BCUT2D eigenvalue weighted by atomic mass is 10.0. The first kappa shape index (κ1) is 109. The monoisotopic (exact) mass is 1880 g/mol. The average Bonchev–Trinajstić information content (AvgIpc) is 1.41. The largest absolute Gasteiger partial charge is 0.462 e. The Morgan fingerprint density at radius 1 is 0.421 bits per heavy atom. The molecule has 0 spiro atoms. The number of esters is 5. The van der Waals surface area contributed by atoms with E-state index in [0.717, 1.165) is 25.7 Å². The van der Waals surface area contributed by atoms with Gasteiger partial charge in [-0.3, -0.25) is 24.0 Å². The highest BCUT2D eigenvalue weighted by atomic mass is 19.2. The molecule has 52 nitrogen and oxygen atoms in total. The Kier molecular flexibility index (Phi) is 39.0. The molecule has 0 aromatic rings. The summed E-state index contributed by atoms with van der Waals surface area (Å²) in [4.78, 5) is 98.2. The van der Waals surface area contributed by atoms with Crippen molar-refractivity contribution in [2.45, 2.75) is 234 Å². The van der Waals surface area contributed by atoms with Crippen LogP contribution in [0.2, 0.25) is 0 Å². The van der Waals surface area contributed by atoms with Crippen molar-refractivity contribution < 1.29 is 119 Å². The summed E-state index contributed by atoms with van der Waals surface area (Å²) < 4.78 is 127. The van der Waals surface area contributed by atoms with Crippen LogP contribution < -0.4 is 40.1 Å². The third kappa shape index (κ3) is 26.0. The molecule has 0 aromatic heterocycles. The standard InChI is InChI=1S/C18H27FN6O4.2C15H22FN7O4.2C14H19FN6O4/c1-3-4-5-6-7-8-14(26)28-11-18(23-24-21)16(27)15(19)17(29-18)25-10-9-13(20)22-12(25)2;1-7(2)11(18)14(25)26-6-15(21-22-19)12(24)10(16)13(27-15)23-5-4-9(17)20-8(23)3;1-7(2)11(18)14(25)26-12-10(16)13(27-15(12,6-24)21-22-19)23-5-4-9(17)20-8(23)3;1-7(2)13(23)24-6-14(19-20-17)11(22)10(15)12(25-14)21-5-4-9(16)18-8(21)3;1-7(2)13(23)24-11-10(15)12(25-14(11,6-22)19-20-17)21-5-4-9(16)18-8(21)3/h9-10,15-17,27H,2-8,11H2,1H3,(H2,20,22);2*4-5,7,10-13,24H,3,6,18H2,1-2H3,(H2,17,20);2*4-5,7,10-12,22H,3,6H2,1-2H3,(H2,16,18)/t15-,16+,17-,18-;2*10-,11?,12+,13-,15-;2*10-,11+,12-,14-/m11111/s1. The first-order chi connectivity index (χ1) is 62.6. The Morgan fingerprint density at radius 3 is 0.947 bits per heavy atom. The number of azide groups is 5. The molecule has 0 bridgehead atoms. The van der Waals surface area contributed by atoms with Crippen molar-refractivity contribution in [2.75, 3.05) is 33.0 Å². The van der Waals surface area contributed by atoms with Crippen LogP contribution in [0.1, 0.15) is 101 Å². The Bertz CT molecular complexity index is 4840. The number of alkyl halides is 5. The van der Waals surface area contributed by atoms with Crippen LogP contribution in [0.25, 0.3) is 52.2 Å². The van der Waals surface area contributed by atoms with Gasteiger partial charge in [0.2, 0.25) is 28.6 Å². The van der Waals surface area contributed by atoms with Crippen molar-refractivity contribution in [1.82, 2.24) is 24.5 Å². The number of aliphatic imine (C=N–C) groups is 5. The number of ether oxygens (including phenoxy) is 10. The van der Waals surface area contributed by atoms with Gasteiger partial charge in [0.15, 0.2) is 74.2 Å². The van der Waals surface area contributed by atoms with Gasteiger partial charge in [-0.25, -0.2) is 46.9 Å². The highest BCUT2D eigenvalue weighted by Crippen LogP contribution is 2.45. The van der Waals surface area contributed by atoms with E-state index in [4.69, 9.17) is 115 Å². The molecule has 10 heterocycles. The molecule has 19 N–H and O–H groups in total. The molecule has 2 unspecified atom stereocenters. The molecule has 0 saturated carbocycles. The summed E-state index contributed by atoms with van der Waals surface area (Å²) in [6.45, 7) is 29.6. The van der Waals surface area contributed by atoms with Gasteiger partial charge in [-0.2, -0.15) is 0 Å². The molecule has 22 atom stereocenters. The van der Waals surface area contributed by atoms with E-state index in [2.05, 4.69) is 115 Å². The zero-order valence-electron chi connectivity index (χ0n) is 73.7. The fraction of sp³-hybridized carbons (Fsp3) is 0.605. The molecular weight excluding hydrogens is 1780 g/mol. The maximum atomic E-state index is 15.2. The van der Waals surface area contributed by atoms with E-state index in [1.807, 2.05) is 0 Å². The summed E-state index contributed by atoms with van der Waals surface area (Å²) in [6.07, 6.45) is -7.20. The zero-order valence-corrected chi connectivity index (χ0v) is 73.7.